The van der Waals surface area contributed by atoms with Gasteiger partial charge >= 0.3 is 9.05 Å². The summed E-state index contributed by atoms with van der Waals surface area (Å²) in [5, 5.41) is 3.01. The molecule has 8 nitrogen and oxygen atoms in total. The van der Waals surface area contributed by atoms with E-state index in [-0.39, 0.29) is 12.6 Å². The lowest BCUT2D eigenvalue weighted by Crippen LogP contribution is -2.51. The molecule has 1 atom stereocenters. The van der Waals surface area contributed by atoms with Crippen LogP contribution in [0.3, 0.4) is 0 Å². The minimum absolute atomic E-state index is 0.0764. The van der Waals surface area contributed by atoms with Crippen molar-refractivity contribution in [2.24, 2.45) is 0 Å². The van der Waals surface area contributed by atoms with Gasteiger partial charge in [0.05, 0.1) is 26.4 Å². The molecule has 0 saturated carbocycles. The van der Waals surface area contributed by atoms with Gasteiger partial charge in [-0.25, -0.2) is 14.7 Å². The van der Waals surface area contributed by atoms with E-state index in [0.717, 1.165) is 0 Å². The second-order valence-corrected chi connectivity index (χ2v) is 5.26. The second kappa shape index (κ2) is 11.7. The minimum Gasteiger partial charge on any atom is -0.346 e. The van der Waals surface area contributed by atoms with Crippen LogP contribution in [0.2, 0.25) is 0 Å². The smallest absolute Gasteiger partial charge is 0.346 e. The van der Waals surface area contributed by atoms with Gasteiger partial charge in [0.2, 0.25) is 0 Å². The molecule has 0 aliphatic heterocycles. The molecule has 0 aromatic carbocycles. The first-order valence-electron chi connectivity index (χ1n) is 6.37. The van der Waals surface area contributed by atoms with E-state index in [9.17, 15) is 0 Å². The van der Waals surface area contributed by atoms with Gasteiger partial charge < -0.3 is 9.74 Å². The molecule has 0 aromatic rings. The monoisotopic (exact) mass is 299 g/mol. The maximum Gasteiger partial charge on any atom is 0.764 e. The normalized spacial score (nSPS) is 13.7. The largest absolute Gasteiger partial charge is 0.764 e. The summed E-state index contributed by atoms with van der Waals surface area (Å²) < 4.78 is 20.7. The first-order chi connectivity index (χ1) is 9.14. The highest BCUT2D eigenvalue weighted by Crippen LogP contribution is 2.14. The van der Waals surface area contributed by atoms with Crippen molar-refractivity contribution in [3.63, 3.8) is 0 Å². The number of rotatable bonds is 13. The molecule has 0 radical (unpaired) electrons. The summed E-state index contributed by atoms with van der Waals surface area (Å²) in [6.45, 7) is 8.43. The topological polar surface area (TPSA) is 76.6 Å². The van der Waals surface area contributed by atoms with E-state index in [4.69, 9.17) is 32.8 Å². The van der Waals surface area contributed by atoms with E-state index in [1.54, 1.807) is 20.8 Å². The average Bonchev–Trinajstić information content (AvgIpc) is 2.45. The van der Waals surface area contributed by atoms with Crippen LogP contribution in [-0.2, 0) is 32.8 Å². The first kappa shape index (κ1) is 18.9. The van der Waals surface area contributed by atoms with Crippen molar-refractivity contribution >= 4 is 9.05 Å². The van der Waals surface area contributed by atoms with Crippen molar-refractivity contribution < 1.29 is 32.8 Å². The molecule has 0 bridgehead atoms. The molecule has 0 aliphatic rings. The molecule has 0 aliphatic carbocycles. The third-order valence-electron chi connectivity index (χ3n) is 1.84. The van der Waals surface area contributed by atoms with E-state index in [1.807, 2.05) is 14.0 Å². The third kappa shape index (κ3) is 8.63. The van der Waals surface area contributed by atoms with E-state index >= 15 is 0 Å². The van der Waals surface area contributed by atoms with Crippen molar-refractivity contribution in [2.45, 2.75) is 33.7 Å². The van der Waals surface area contributed by atoms with Gasteiger partial charge in [-0.1, -0.05) is 0 Å². The fourth-order valence-electron chi connectivity index (χ4n) is 0.818. The molecule has 0 spiro atoms. The van der Waals surface area contributed by atoms with Crippen molar-refractivity contribution in [1.82, 2.24) is 5.32 Å². The standard InChI is InChI=1S/C10H25NO7Si/c1-6-12-16-19(17-13-7-2,18-14-8-3)15-9-10(4)11-5/h10-11H,6-9H2,1-5H3. The van der Waals surface area contributed by atoms with Crippen LogP contribution in [0.5, 0.6) is 0 Å². The molecule has 9 heteroatoms. The quantitative estimate of drug-likeness (QED) is 0.306. The highest BCUT2D eigenvalue weighted by atomic mass is 28.4. The van der Waals surface area contributed by atoms with Crippen molar-refractivity contribution in [3.8, 4) is 0 Å². The molecular weight excluding hydrogens is 274 g/mol. The van der Waals surface area contributed by atoms with Crippen LogP contribution in [0.25, 0.3) is 0 Å². The maximum absolute atomic E-state index is 5.52. The van der Waals surface area contributed by atoms with Crippen molar-refractivity contribution in [3.05, 3.63) is 0 Å². The number of likely N-dealkylation sites (N-methyl/N-ethyl adjacent to an activating group) is 1. The number of hydrogen-bond acceptors (Lipinski definition) is 8. The molecule has 116 valence electrons. The zero-order chi connectivity index (χ0) is 14.6. The Balaban J connectivity index is 4.56. The summed E-state index contributed by atoms with van der Waals surface area (Å²) in [5.41, 5.74) is 0. The molecule has 0 heterocycles. The lowest BCUT2D eigenvalue weighted by Gasteiger charge is -2.25. The maximum atomic E-state index is 5.52. The van der Waals surface area contributed by atoms with Gasteiger partial charge in [0.1, 0.15) is 0 Å². The molecule has 0 aromatic heterocycles. The zero-order valence-electron chi connectivity index (χ0n) is 12.3. The van der Waals surface area contributed by atoms with Gasteiger partial charge in [-0.2, -0.15) is 13.7 Å². The Bertz CT molecular complexity index is 189. The summed E-state index contributed by atoms with van der Waals surface area (Å²) in [6, 6.07) is 0.0764. The predicted octanol–water partition coefficient (Wildman–Crippen LogP) is 0.951. The number of hydrogen-bond donors (Lipinski definition) is 1. The van der Waals surface area contributed by atoms with Crippen LogP contribution in [0.1, 0.15) is 27.7 Å². The fraction of sp³-hybridized carbons (Fsp3) is 1.00. The Morgan fingerprint density at radius 1 is 0.895 bits per heavy atom. The average molecular weight is 299 g/mol. The van der Waals surface area contributed by atoms with Crippen LogP contribution in [-0.4, -0.2) is 48.6 Å². The predicted molar refractivity (Wildman–Crippen MR) is 68.4 cm³/mol. The Morgan fingerprint density at radius 2 is 1.32 bits per heavy atom. The molecule has 1 unspecified atom stereocenters. The summed E-state index contributed by atoms with van der Waals surface area (Å²) in [4.78, 5) is 14.6. The molecule has 1 N–H and O–H groups in total. The Kier molecular flexibility index (Phi) is 11.6. The highest BCUT2D eigenvalue weighted by molar-refractivity contribution is 6.52. The van der Waals surface area contributed by atoms with Crippen molar-refractivity contribution in [1.29, 1.82) is 0 Å². The first-order valence-corrected chi connectivity index (χ1v) is 8.00. The Hall–Kier alpha value is -0.103. The Labute approximate surface area is 115 Å². The molecule has 0 saturated heterocycles. The number of nitrogens with one attached hydrogen (secondary N) is 1. The van der Waals surface area contributed by atoms with Crippen LogP contribution in [0.4, 0.5) is 0 Å². The molecule has 0 amide bonds. The lowest BCUT2D eigenvalue weighted by atomic mass is 10.4. The minimum atomic E-state index is -3.64. The fourth-order valence-corrected chi connectivity index (χ4v) is 2.29. The van der Waals surface area contributed by atoms with Gasteiger partial charge in [0.25, 0.3) is 0 Å². The third-order valence-corrected chi connectivity index (χ3v) is 3.33. The van der Waals surface area contributed by atoms with Gasteiger partial charge in [0.15, 0.2) is 0 Å². The highest BCUT2D eigenvalue weighted by Gasteiger charge is 2.52. The molecule has 19 heavy (non-hydrogen) atoms. The summed E-state index contributed by atoms with van der Waals surface area (Å²) in [5.74, 6) is 0. The van der Waals surface area contributed by atoms with Gasteiger partial charge in [-0.05, 0) is 34.7 Å². The van der Waals surface area contributed by atoms with E-state index in [1.165, 1.54) is 0 Å². The lowest BCUT2D eigenvalue weighted by molar-refractivity contribution is -0.386. The van der Waals surface area contributed by atoms with Crippen LogP contribution in [0.15, 0.2) is 0 Å². The van der Waals surface area contributed by atoms with Crippen LogP contribution in [0, 0.1) is 0 Å². The Morgan fingerprint density at radius 3 is 1.63 bits per heavy atom. The molecule has 0 fully saturated rings. The van der Waals surface area contributed by atoms with E-state index in [2.05, 4.69) is 5.32 Å². The van der Waals surface area contributed by atoms with Crippen LogP contribution >= 0.6 is 0 Å². The second-order valence-electron chi connectivity index (χ2n) is 3.47. The molecule has 0 rings (SSSR count). The van der Waals surface area contributed by atoms with E-state index < -0.39 is 9.05 Å². The van der Waals surface area contributed by atoms with Gasteiger partial charge in [-0.3, -0.25) is 0 Å². The van der Waals surface area contributed by atoms with E-state index in [0.29, 0.717) is 19.8 Å². The van der Waals surface area contributed by atoms with Gasteiger partial charge in [-0.15, -0.1) is 0 Å². The molecular formula is C10H25NO7Si. The SMILES string of the molecule is CCOO[Si](OCC(C)NC)(OOCC)OOCC. The summed E-state index contributed by atoms with van der Waals surface area (Å²) >= 11 is 0. The summed E-state index contributed by atoms with van der Waals surface area (Å²) in [7, 11) is -1.83. The van der Waals surface area contributed by atoms with Gasteiger partial charge in [0, 0.05) is 6.04 Å². The summed E-state index contributed by atoms with van der Waals surface area (Å²) in [6.07, 6.45) is 0. The van der Waals surface area contributed by atoms with Crippen molar-refractivity contribution in [2.75, 3.05) is 33.5 Å². The zero-order valence-corrected chi connectivity index (χ0v) is 13.3. The van der Waals surface area contributed by atoms with Crippen LogP contribution < -0.4 is 5.32 Å².